The zero-order valence-corrected chi connectivity index (χ0v) is 6.42. The third-order valence-corrected chi connectivity index (χ3v) is 1.29. The fraction of sp³-hybridized carbons (Fsp3) is 0.714. The van der Waals surface area contributed by atoms with E-state index in [1.165, 1.54) is 0 Å². The van der Waals surface area contributed by atoms with Gasteiger partial charge < -0.3 is 4.74 Å². The zero-order valence-electron chi connectivity index (χ0n) is 6.42. The van der Waals surface area contributed by atoms with E-state index in [1.54, 1.807) is 0 Å². The summed E-state index contributed by atoms with van der Waals surface area (Å²) < 4.78 is 5.21. The largest absolute Gasteiger partial charge is 0.477 e. The highest BCUT2D eigenvalue weighted by Crippen LogP contribution is 1.94. The Morgan fingerprint density at radius 3 is 2.70 bits per heavy atom. The van der Waals surface area contributed by atoms with Crippen molar-refractivity contribution in [1.29, 1.82) is 0 Å². The molecule has 0 aromatic carbocycles. The summed E-state index contributed by atoms with van der Waals surface area (Å²) in [7, 11) is 0. The van der Waals surface area contributed by atoms with Gasteiger partial charge in [0.25, 0.3) is 0 Å². The molecule has 1 aliphatic heterocycles. The summed E-state index contributed by atoms with van der Waals surface area (Å²) in [4.78, 5) is 8.35. The van der Waals surface area contributed by atoms with Crippen LogP contribution >= 0.6 is 0 Å². The van der Waals surface area contributed by atoms with Gasteiger partial charge in [-0.1, -0.05) is 0 Å². The standard InChI is InChI=1S/C7H12N2O/c1-3-10-7-6(2)8-4-5-9-7/h3-5H2,1-2H3. The molecular weight excluding hydrogens is 128 g/mol. The summed E-state index contributed by atoms with van der Waals surface area (Å²) in [6.45, 7) is 6.12. The first-order valence-corrected chi connectivity index (χ1v) is 3.53. The van der Waals surface area contributed by atoms with Gasteiger partial charge in [0.15, 0.2) is 0 Å². The summed E-state index contributed by atoms with van der Waals surface area (Å²) in [6, 6.07) is 0. The molecule has 56 valence electrons. The molecule has 10 heavy (non-hydrogen) atoms. The van der Waals surface area contributed by atoms with Crippen LogP contribution in [0, 0.1) is 0 Å². The summed E-state index contributed by atoms with van der Waals surface area (Å²) in [5.41, 5.74) is 0.924. The minimum absolute atomic E-state index is 0.672. The van der Waals surface area contributed by atoms with Crippen LogP contribution in [0.5, 0.6) is 0 Å². The fourth-order valence-corrected chi connectivity index (χ4v) is 0.838. The molecule has 0 aromatic rings. The van der Waals surface area contributed by atoms with E-state index < -0.39 is 0 Å². The van der Waals surface area contributed by atoms with Gasteiger partial charge in [0.1, 0.15) is 0 Å². The molecule has 1 rings (SSSR count). The van der Waals surface area contributed by atoms with Crippen LogP contribution < -0.4 is 0 Å². The molecule has 0 aromatic heterocycles. The van der Waals surface area contributed by atoms with E-state index in [-0.39, 0.29) is 0 Å². The van der Waals surface area contributed by atoms with Crippen molar-refractivity contribution in [1.82, 2.24) is 0 Å². The van der Waals surface area contributed by atoms with Gasteiger partial charge in [-0.05, 0) is 13.8 Å². The fourth-order valence-electron chi connectivity index (χ4n) is 0.838. The van der Waals surface area contributed by atoms with E-state index in [1.807, 2.05) is 13.8 Å². The molecule has 1 aliphatic rings. The van der Waals surface area contributed by atoms with Crippen LogP contribution in [0.4, 0.5) is 0 Å². The zero-order chi connectivity index (χ0) is 7.40. The van der Waals surface area contributed by atoms with E-state index in [0.717, 1.165) is 18.8 Å². The summed E-state index contributed by atoms with van der Waals surface area (Å²) in [6.07, 6.45) is 0. The molecule has 3 nitrogen and oxygen atoms in total. The lowest BCUT2D eigenvalue weighted by molar-refractivity contribution is 0.331. The molecule has 0 fully saturated rings. The maximum Gasteiger partial charge on any atom is 0.230 e. The molecule has 0 radical (unpaired) electrons. The van der Waals surface area contributed by atoms with E-state index in [0.29, 0.717) is 12.5 Å². The van der Waals surface area contributed by atoms with Gasteiger partial charge in [-0.15, -0.1) is 0 Å². The van der Waals surface area contributed by atoms with Crippen molar-refractivity contribution in [3.63, 3.8) is 0 Å². The number of ether oxygens (including phenoxy) is 1. The maximum atomic E-state index is 5.21. The minimum Gasteiger partial charge on any atom is -0.477 e. The van der Waals surface area contributed by atoms with E-state index in [4.69, 9.17) is 4.74 Å². The van der Waals surface area contributed by atoms with Crippen LogP contribution in [0.25, 0.3) is 0 Å². The first-order chi connectivity index (χ1) is 4.84. The number of hydrogen-bond donors (Lipinski definition) is 0. The van der Waals surface area contributed by atoms with Gasteiger partial charge in [0.2, 0.25) is 5.90 Å². The lowest BCUT2D eigenvalue weighted by Crippen LogP contribution is -2.20. The molecule has 0 aliphatic carbocycles. The SMILES string of the molecule is CCOC1=NCCN=C1C. The van der Waals surface area contributed by atoms with Crippen molar-refractivity contribution >= 4 is 11.6 Å². The Morgan fingerprint density at radius 1 is 1.40 bits per heavy atom. The Balaban J connectivity index is 2.56. The maximum absolute atomic E-state index is 5.21. The van der Waals surface area contributed by atoms with Gasteiger partial charge in [-0.3, -0.25) is 4.99 Å². The second-order valence-electron chi connectivity index (χ2n) is 2.09. The topological polar surface area (TPSA) is 34.0 Å². The van der Waals surface area contributed by atoms with Crippen molar-refractivity contribution in [2.24, 2.45) is 9.98 Å². The number of hydrogen-bond acceptors (Lipinski definition) is 3. The van der Waals surface area contributed by atoms with Crippen LogP contribution in [0.2, 0.25) is 0 Å². The quantitative estimate of drug-likeness (QED) is 0.532. The van der Waals surface area contributed by atoms with Crippen molar-refractivity contribution in [2.45, 2.75) is 13.8 Å². The number of nitrogens with zero attached hydrogens (tertiary/aromatic N) is 2. The molecule has 0 atom stereocenters. The van der Waals surface area contributed by atoms with Gasteiger partial charge in [-0.25, -0.2) is 4.99 Å². The normalized spacial score (nSPS) is 17.8. The smallest absolute Gasteiger partial charge is 0.230 e. The first-order valence-electron chi connectivity index (χ1n) is 3.53. The second-order valence-corrected chi connectivity index (χ2v) is 2.09. The third kappa shape index (κ3) is 1.56. The Bertz CT molecular complexity index is 172. The Hall–Kier alpha value is -0.860. The molecule has 0 bridgehead atoms. The lowest BCUT2D eigenvalue weighted by atomic mass is 10.4. The van der Waals surface area contributed by atoms with Gasteiger partial charge in [-0.2, -0.15) is 0 Å². The van der Waals surface area contributed by atoms with Crippen LogP contribution in [0.1, 0.15) is 13.8 Å². The molecule has 0 saturated heterocycles. The Labute approximate surface area is 60.8 Å². The summed E-state index contributed by atoms with van der Waals surface area (Å²) in [5.74, 6) is 0.716. The lowest BCUT2D eigenvalue weighted by Gasteiger charge is -2.09. The van der Waals surface area contributed by atoms with Gasteiger partial charge in [0.05, 0.1) is 25.4 Å². The van der Waals surface area contributed by atoms with Crippen LogP contribution in [0.3, 0.4) is 0 Å². The predicted octanol–water partition coefficient (Wildman–Crippen LogP) is 0.896. The summed E-state index contributed by atoms with van der Waals surface area (Å²) in [5, 5.41) is 0. The Kier molecular flexibility index (Phi) is 2.42. The van der Waals surface area contributed by atoms with Crippen molar-refractivity contribution in [3.05, 3.63) is 0 Å². The highest BCUT2D eigenvalue weighted by molar-refractivity contribution is 6.38. The molecule has 0 amide bonds. The molecule has 3 heteroatoms. The van der Waals surface area contributed by atoms with Crippen molar-refractivity contribution < 1.29 is 4.74 Å². The number of aliphatic imine (C=N–C) groups is 2. The molecule has 0 saturated carbocycles. The van der Waals surface area contributed by atoms with E-state index >= 15 is 0 Å². The van der Waals surface area contributed by atoms with Crippen LogP contribution in [-0.4, -0.2) is 31.3 Å². The number of rotatable bonds is 1. The molecule has 0 spiro atoms. The van der Waals surface area contributed by atoms with Crippen molar-refractivity contribution in [2.75, 3.05) is 19.7 Å². The highest BCUT2D eigenvalue weighted by atomic mass is 16.5. The monoisotopic (exact) mass is 140 g/mol. The van der Waals surface area contributed by atoms with E-state index in [2.05, 4.69) is 9.98 Å². The molecular formula is C7H12N2O. The van der Waals surface area contributed by atoms with Crippen LogP contribution in [-0.2, 0) is 4.74 Å². The average Bonchev–Trinajstić information content (AvgIpc) is 1.94. The van der Waals surface area contributed by atoms with Crippen LogP contribution in [0.15, 0.2) is 9.98 Å². The van der Waals surface area contributed by atoms with Gasteiger partial charge in [0, 0.05) is 0 Å². The molecule has 1 heterocycles. The minimum atomic E-state index is 0.672. The highest BCUT2D eigenvalue weighted by Gasteiger charge is 2.06. The van der Waals surface area contributed by atoms with E-state index in [9.17, 15) is 0 Å². The first kappa shape index (κ1) is 7.25. The average molecular weight is 140 g/mol. The molecule has 0 unspecified atom stereocenters. The molecule has 0 N–H and O–H groups in total. The van der Waals surface area contributed by atoms with Crippen molar-refractivity contribution in [3.8, 4) is 0 Å². The van der Waals surface area contributed by atoms with Gasteiger partial charge >= 0.3 is 0 Å². The predicted molar refractivity (Wildman–Crippen MR) is 41.9 cm³/mol. The summed E-state index contributed by atoms with van der Waals surface area (Å²) >= 11 is 0. The third-order valence-electron chi connectivity index (χ3n) is 1.29. The second kappa shape index (κ2) is 3.34. The Morgan fingerprint density at radius 2 is 2.10 bits per heavy atom.